The van der Waals surface area contributed by atoms with Gasteiger partial charge in [-0.1, -0.05) is 19.6 Å². The zero-order valence-corrected chi connectivity index (χ0v) is 14.0. The average Bonchev–Trinajstić information content (AvgIpc) is 2.72. The molecule has 0 bridgehead atoms. The number of rotatable bonds is 5. The molecule has 0 saturated heterocycles. The van der Waals surface area contributed by atoms with Gasteiger partial charge in [0.25, 0.3) is 0 Å². The van der Waals surface area contributed by atoms with Crippen LogP contribution in [0, 0.1) is 5.82 Å². The van der Waals surface area contributed by atoms with Crippen LogP contribution in [-0.4, -0.2) is 24.2 Å². The minimum atomic E-state index is -1.07. The maximum atomic E-state index is 13.8. The Kier molecular flexibility index (Phi) is 4.42. The molecule has 3 nitrogen and oxygen atoms in total. The third-order valence-electron chi connectivity index (χ3n) is 2.91. The predicted molar refractivity (Wildman–Crippen MR) is 81.5 cm³/mol. The second-order valence-corrected chi connectivity index (χ2v) is 12.3. The number of halogens is 2. The summed E-state index contributed by atoms with van der Waals surface area (Å²) in [7, 11) is -1.07. The van der Waals surface area contributed by atoms with E-state index in [2.05, 4.69) is 40.6 Å². The summed E-state index contributed by atoms with van der Waals surface area (Å²) in [5.41, 5.74) is 0.619. The van der Waals surface area contributed by atoms with Crippen molar-refractivity contribution in [1.29, 1.82) is 0 Å². The molecule has 0 unspecified atom stereocenters. The van der Waals surface area contributed by atoms with Crippen molar-refractivity contribution in [3.63, 3.8) is 0 Å². The van der Waals surface area contributed by atoms with Crippen molar-refractivity contribution < 1.29 is 9.13 Å². The number of pyridine rings is 1. The summed E-state index contributed by atoms with van der Waals surface area (Å²) in [6, 6.07) is 2.85. The Morgan fingerprint density at radius 2 is 2.16 bits per heavy atom. The molecule has 0 aromatic carbocycles. The largest absolute Gasteiger partial charge is 0.361 e. The van der Waals surface area contributed by atoms with Crippen LogP contribution in [0.15, 0.2) is 22.9 Å². The molecule has 2 aromatic heterocycles. The van der Waals surface area contributed by atoms with Crippen molar-refractivity contribution in [3.8, 4) is 0 Å². The van der Waals surface area contributed by atoms with E-state index in [1.54, 1.807) is 6.07 Å². The molecule has 0 amide bonds. The molecule has 2 heterocycles. The second-order valence-electron chi connectivity index (χ2n) is 5.79. The molecule has 0 N–H and O–H groups in total. The molecule has 0 aliphatic rings. The van der Waals surface area contributed by atoms with E-state index in [9.17, 15) is 4.39 Å². The Morgan fingerprint density at radius 1 is 1.42 bits per heavy atom. The van der Waals surface area contributed by atoms with Crippen molar-refractivity contribution in [3.05, 3.63) is 28.7 Å². The first kappa shape index (κ1) is 14.7. The van der Waals surface area contributed by atoms with Gasteiger partial charge in [-0.25, -0.2) is 9.37 Å². The maximum absolute atomic E-state index is 13.8. The fourth-order valence-electron chi connectivity index (χ4n) is 1.73. The smallest absolute Gasteiger partial charge is 0.149 e. The summed E-state index contributed by atoms with van der Waals surface area (Å²) in [5.74, 6) is -0.272. The van der Waals surface area contributed by atoms with Gasteiger partial charge in [0.2, 0.25) is 0 Å². The van der Waals surface area contributed by atoms with E-state index in [1.165, 1.54) is 6.20 Å². The molecule has 0 fully saturated rings. The van der Waals surface area contributed by atoms with Crippen LogP contribution in [-0.2, 0) is 11.5 Å². The zero-order valence-electron chi connectivity index (χ0n) is 11.4. The van der Waals surface area contributed by atoms with Crippen molar-refractivity contribution in [2.75, 3.05) is 6.61 Å². The predicted octanol–water partition coefficient (Wildman–Crippen LogP) is 4.25. The Bertz CT molecular complexity index is 580. The zero-order chi connectivity index (χ0) is 14.0. The Hall–Kier alpha value is -0.723. The average molecular weight is 345 g/mol. The molecule has 6 heteroatoms. The Morgan fingerprint density at radius 3 is 2.84 bits per heavy atom. The van der Waals surface area contributed by atoms with Crippen LogP contribution in [0.4, 0.5) is 4.39 Å². The quantitative estimate of drug-likeness (QED) is 0.598. The lowest BCUT2D eigenvalue weighted by Crippen LogP contribution is -2.22. The molecule has 0 radical (unpaired) electrons. The summed E-state index contributed by atoms with van der Waals surface area (Å²) in [5, 5.41) is 0.517. The minimum Gasteiger partial charge on any atom is -0.361 e. The van der Waals surface area contributed by atoms with Gasteiger partial charge in [0.05, 0.1) is 9.86 Å². The van der Waals surface area contributed by atoms with E-state index in [0.717, 1.165) is 12.7 Å². The van der Waals surface area contributed by atoms with Gasteiger partial charge in [-0.3, -0.25) is 0 Å². The van der Waals surface area contributed by atoms with Crippen LogP contribution < -0.4 is 0 Å². The lowest BCUT2D eigenvalue weighted by Gasteiger charge is -2.15. The molecular formula is C13H18BrFN2OSi. The SMILES string of the molecule is C[Si](C)(C)CCOCn1ccc2c(F)c(Br)cnc21. The summed E-state index contributed by atoms with van der Waals surface area (Å²) < 4.78 is 21.7. The monoisotopic (exact) mass is 344 g/mol. The summed E-state index contributed by atoms with van der Waals surface area (Å²) in [6.45, 7) is 8.11. The van der Waals surface area contributed by atoms with Crippen molar-refractivity contribution in [2.24, 2.45) is 0 Å². The number of fused-ring (bicyclic) bond motifs is 1. The first-order valence-corrected chi connectivity index (χ1v) is 10.7. The Balaban J connectivity index is 2.04. The molecule has 0 spiro atoms. The number of hydrogen-bond acceptors (Lipinski definition) is 2. The van der Waals surface area contributed by atoms with E-state index in [0.29, 0.717) is 22.2 Å². The number of ether oxygens (including phenoxy) is 1. The van der Waals surface area contributed by atoms with E-state index in [4.69, 9.17) is 4.74 Å². The van der Waals surface area contributed by atoms with E-state index < -0.39 is 8.07 Å². The van der Waals surface area contributed by atoms with Crippen molar-refractivity contribution >= 4 is 35.0 Å². The van der Waals surface area contributed by atoms with Crippen molar-refractivity contribution in [1.82, 2.24) is 9.55 Å². The first-order valence-electron chi connectivity index (χ1n) is 6.25. The number of aromatic nitrogens is 2. The summed E-state index contributed by atoms with van der Waals surface area (Å²) >= 11 is 3.14. The van der Waals surface area contributed by atoms with Crippen LogP contribution in [0.25, 0.3) is 11.0 Å². The minimum absolute atomic E-state index is 0.272. The molecule has 2 aromatic rings. The van der Waals surface area contributed by atoms with E-state index in [1.807, 2.05) is 10.8 Å². The lowest BCUT2D eigenvalue weighted by molar-refractivity contribution is 0.0899. The number of nitrogens with zero attached hydrogens (tertiary/aromatic N) is 2. The highest BCUT2D eigenvalue weighted by molar-refractivity contribution is 9.10. The highest BCUT2D eigenvalue weighted by Crippen LogP contribution is 2.23. The summed E-state index contributed by atoms with van der Waals surface area (Å²) in [4.78, 5) is 4.23. The Labute approximate surface area is 121 Å². The molecular weight excluding hydrogens is 327 g/mol. The van der Waals surface area contributed by atoms with Gasteiger partial charge in [0, 0.05) is 27.1 Å². The number of hydrogen-bond donors (Lipinski definition) is 0. The molecule has 104 valence electrons. The van der Waals surface area contributed by atoms with Gasteiger partial charge in [0.15, 0.2) is 0 Å². The third-order valence-corrected chi connectivity index (χ3v) is 5.16. The standard InChI is InChI=1S/C13H18BrFN2OSi/c1-19(2,3)7-6-18-9-17-5-4-10-12(15)11(14)8-16-13(10)17/h4-5,8H,6-7,9H2,1-3H3. The highest BCUT2D eigenvalue weighted by atomic mass is 79.9. The molecule has 0 aliphatic heterocycles. The summed E-state index contributed by atoms with van der Waals surface area (Å²) in [6.07, 6.45) is 3.29. The molecule has 0 saturated carbocycles. The van der Waals surface area contributed by atoms with Crippen molar-refractivity contribution in [2.45, 2.75) is 32.4 Å². The fraction of sp³-hybridized carbons (Fsp3) is 0.462. The third kappa shape index (κ3) is 3.64. The normalized spacial score (nSPS) is 12.3. The second kappa shape index (κ2) is 5.72. The van der Waals surface area contributed by atoms with E-state index >= 15 is 0 Å². The molecule has 2 rings (SSSR count). The van der Waals surface area contributed by atoms with Gasteiger partial charge in [-0.15, -0.1) is 0 Å². The van der Waals surface area contributed by atoms with Crippen LogP contribution in [0.5, 0.6) is 0 Å². The van der Waals surface area contributed by atoms with Gasteiger partial charge >= 0.3 is 0 Å². The molecule has 0 aliphatic carbocycles. The van der Waals surface area contributed by atoms with Gasteiger partial charge in [0.1, 0.15) is 18.2 Å². The molecule has 19 heavy (non-hydrogen) atoms. The van der Waals surface area contributed by atoms with Gasteiger partial charge in [-0.05, 0) is 28.0 Å². The van der Waals surface area contributed by atoms with Gasteiger partial charge in [-0.2, -0.15) is 0 Å². The van der Waals surface area contributed by atoms with E-state index in [-0.39, 0.29) is 5.82 Å². The fourth-order valence-corrected chi connectivity index (χ4v) is 2.80. The van der Waals surface area contributed by atoms with Gasteiger partial charge < -0.3 is 9.30 Å². The highest BCUT2D eigenvalue weighted by Gasteiger charge is 2.13. The van der Waals surface area contributed by atoms with Crippen LogP contribution >= 0.6 is 15.9 Å². The van der Waals surface area contributed by atoms with Crippen LogP contribution in [0.1, 0.15) is 0 Å². The topological polar surface area (TPSA) is 27.1 Å². The van der Waals surface area contributed by atoms with Crippen LogP contribution in [0.2, 0.25) is 25.7 Å². The molecule has 0 atom stereocenters. The lowest BCUT2D eigenvalue weighted by atomic mass is 10.3. The van der Waals surface area contributed by atoms with Crippen LogP contribution in [0.3, 0.4) is 0 Å². The maximum Gasteiger partial charge on any atom is 0.149 e. The first-order chi connectivity index (χ1) is 8.88.